The Labute approximate surface area is 139 Å². The molecule has 118 valence electrons. The fraction of sp³-hybridized carbons (Fsp3) is 0.105. The number of hydrogen-bond acceptors (Lipinski definition) is 3. The summed E-state index contributed by atoms with van der Waals surface area (Å²) in [6.45, 7) is 3.85. The fourth-order valence-corrected chi connectivity index (χ4v) is 2.92. The molecule has 0 spiro atoms. The number of aromatic nitrogens is 3. The van der Waals surface area contributed by atoms with Crippen LogP contribution in [0.2, 0.25) is 0 Å². The lowest BCUT2D eigenvalue weighted by molar-refractivity contribution is 0.102. The molecule has 0 fully saturated rings. The highest BCUT2D eigenvalue weighted by Crippen LogP contribution is 2.22. The minimum Gasteiger partial charge on any atom is -0.319 e. The monoisotopic (exact) mass is 316 g/mol. The van der Waals surface area contributed by atoms with E-state index in [0.717, 1.165) is 22.1 Å². The average molecular weight is 316 g/mol. The van der Waals surface area contributed by atoms with Gasteiger partial charge < -0.3 is 5.32 Å². The maximum Gasteiger partial charge on any atom is 0.274 e. The lowest BCUT2D eigenvalue weighted by Gasteiger charge is -2.08. The molecule has 0 saturated carbocycles. The summed E-state index contributed by atoms with van der Waals surface area (Å²) in [4.78, 5) is 21.7. The summed E-state index contributed by atoms with van der Waals surface area (Å²) in [5, 5.41) is 3.96. The van der Waals surface area contributed by atoms with E-state index in [1.807, 2.05) is 66.9 Å². The van der Waals surface area contributed by atoms with Crippen LogP contribution in [0.3, 0.4) is 0 Å². The van der Waals surface area contributed by atoms with Crippen molar-refractivity contribution in [1.82, 2.24) is 14.4 Å². The van der Waals surface area contributed by atoms with Crippen LogP contribution in [0.25, 0.3) is 16.6 Å². The number of imidazole rings is 1. The molecule has 5 nitrogen and oxygen atoms in total. The predicted molar refractivity (Wildman–Crippen MR) is 94.4 cm³/mol. The van der Waals surface area contributed by atoms with Crippen molar-refractivity contribution < 1.29 is 4.79 Å². The van der Waals surface area contributed by atoms with E-state index in [1.165, 1.54) is 0 Å². The number of aryl methyl sites for hydroxylation is 2. The number of nitrogens with one attached hydrogen (secondary N) is 1. The number of anilines is 1. The number of benzene rings is 1. The third kappa shape index (κ3) is 2.31. The van der Waals surface area contributed by atoms with Crippen molar-refractivity contribution in [2.24, 2.45) is 0 Å². The Morgan fingerprint density at radius 2 is 1.96 bits per heavy atom. The van der Waals surface area contributed by atoms with Gasteiger partial charge >= 0.3 is 0 Å². The van der Waals surface area contributed by atoms with Gasteiger partial charge in [-0.15, -0.1) is 0 Å². The van der Waals surface area contributed by atoms with E-state index in [4.69, 9.17) is 0 Å². The van der Waals surface area contributed by atoms with Crippen LogP contribution >= 0.6 is 0 Å². The first kappa shape index (κ1) is 14.4. The van der Waals surface area contributed by atoms with E-state index < -0.39 is 0 Å². The van der Waals surface area contributed by atoms with Gasteiger partial charge in [0.1, 0.15) is 11.3 Å². The highest BCUT2D eigenvalue weighted by Gasteiger charge is 2.17. The number of carbonyl (C=O) groups excluding carboxylic acids is 1. The van der Waals surface area contributed by atoms with Crippen molar-refractivity contribution in [3.05, 3.63) is 71.8 Å². The number of amides is 1. The number of para-hydroxylation sites is 1. The minimum atomic E-state index is -0.193. The second-order valence-corrected chi connectivity index (χ2v) is 5.81. The molecule has 0 aliphatic rings. The van der Waals surface area contributed by atoms with Gasteiger partial charge in [0.25, 0.3) is 5.91 Å². The summed E-state index contributed by atoms with van der Waals surface area (Å²) in [5.74, 6) is -0.193. The topological polar surface area (TPSA) is 59.3 Å². The third-order valence-electron chi connectivity index (χ3n) is 4.05. The molecule has 0 bridgehead atoms. The Kier molecular flexibility index (Phi) is 3.27. The quantitative estimate of drug-likeness (QED) is 0.612. The molecule has 3 heterocycles. The molecule has 24 heavy (non-hydrogen) atoms. The summed E-state index contributed by atoms with van der Waals surface area (Å²) in [7, 11) is 0. The minimum absolute atomic E-state index is 0.193. The molecule has 1 amide bonds. The Balaban J connectivity index is 1.78. The second kappa shape index (κ2) is 5.45. The molecule has 0 unspecified atom stereocenters. The molecular weight excluding hydrogens is 300 g/mol. The van der Waals surface area contributed by atoms with E-state index in [9.17, 15) is 4.79 Å². The molecule has 4 aromatic rings. The molecular formula is C19H16N4O. The molecule has 0 saturated heterocycles. The van der Waals surface area contributed by atoms with Gasteiger partial charge in [0.2, 0.25) is 0 Å². The predicted octanol–water partition coefficient (Wildman–Crippen LogP) is 3.75. The molecule has 0 aliphatic carbocycles. The van der Waals surface area contributed by atoms with E-state index in [0.29, 0.717) is 17.1 Å². The smallest absolute Gasteiger partial charge is 0.274 e. The van der Waals surface area contributed by atoms with E-state index in [-0.39, 0.29) is 5.91 Å². The van der Waals surface area contributed by atoms with E-state index in [1.54, 1.807) is 6.20 Å². The molecule has 0 atom stereocenters. The normalized spacial score (nSPS) is 11.1. The zero-order valence-electron chi connectivity index (χ0n) is 13.4. The maximum atomic E-state index is 12.8. The number of pyridine rings is 2. The van der Waals surface area contributed by atoms with Gasteiger partial charge in [-0.3, -0.25) is 14.2 Å². The van der Waals surface area contributed by atoms with Gasteiger partial charge in [-0.05, 0) is 43.7 Å². The number of nitrogens with zero attached hydrogens (tertiary/aromatic N) is 3. The van der Waals surface area contributed by atoms with Gasteiger partial charge in [-0.25, -0.2) is 4.98 Å². The van der Waals surface area contributed by atoms with Crippen molar-refractivity contribution in [3.8, 4) is 0 Å². The van der Waals surface area contributed by atoms with Crippen LogP contribution in [0.5, 0.6) is 0 Å². The zero-order valence-corrected chi connectivity index (χ0v) is 13.4. The first-order chi connectivity index (χ1) is 11.6. The first-order valence-electron chi connectivity index (χ1n) is 7.74. The Morgan fingerprint density at radius 3 is 2.83 bits per heavy atom. The van der Waals surface area contributed by atoms with Crippen LogP contribution in [0.4, 0.5) is 5.69 Å². The summed E-state index contributed by atoms with van der Waals surface area (Å²) in [6, 6.07) is 13.5. The number of rotatable bonds is 2. The fourth-order valence-electron chi connectivity index (χ4n) is 2.92. The molecule has 0 aliphatic heterocycles. The van der Waals surface area contributed by atoms with Crippen molar-refractivity contribution >= 4 is 28.1 Å². The van der Waals surface area contributed by atoms with Crippen molar-refractivity contribution in [1.29, 1.82) is 0 Å². The van der Waals surface area contributed by atoms with Crippen molar-refractivity contribution in [3.63, 3.8) is 0 Å². The zero-order chi connectivity index (χ0) is 16.7. The Morgan fingerprint density at radius 1 is 1.12 bits per heavy atom. The third-order valence-corrected chi connectivity index (χ3v) is 4.05. The molecule has 3 aromatic heterocycles. The summed E-state index contributed by atoms with van der Waals surface area (Å²) in [5.41, 5.74) is 4.59. The maximum absolute atomic E-state index is 12.8. The van der Waals surface area contributed by atoms with Crippen LogP contribution in [0.1, 0.15) is 21.7 Å². The largest absolute Gasteiger partial charge is 0.319 e. The summed E-state index contributed by atoms with van der Waals surface area (Å²) >= 11 is 0. The van der Waals surface area contributed by atoms with Gasteiger partial charge in [0.15, 0.2) is 0 Å². The van der Waals surface area contributed by atoms with E-state index >= 15 is 0 Å². The molecule has 1 N–H and O–H groups in total. The number of carbonyl (C=O) groups is 1. The van der Waals surface area contributed by atoms with Crippen LogP contribution in [-0.2, 0) is 0 Å². The van der Waals surface area contributed by atoms with Gasteiger partial charge in [0.05, 0.1) is 16.9 Å². The summed E-state index contributed by atoms with van der Waals surface area (Å²) in [6.07, 6.45) is 3.60. The summed E-state index contributed by atoms with van der Waals surface area (Å²) < 4.78 is 1.82. The lowest BCUT2D eigenvalue weighted by atomic mass is 10.2. The number of hydrogen-bond donors (Lipinski definition) is 1. The second-order valence-electron chi connectivity index (χ2n) is 5.81. The molecule has 4 rings (SSSR count). The van der Waals surface area contributed by atoms with Crippen LogP contribution in [0.15, 0.2) is 54.9 Å². The standard InChI is InChI=1S/C19H16N4O/c1-12-8-10-23-16(11-12)21-13(2)18(23)19(24)22-15-7-3-5-14-6-4-9-20-17(14)15/h3-11H,1-2H3,(H,22,24). The van der Waals surface area contributed by atoms with Crippen LogP contribution < -0.4 is 5.32 Å². The van der Waals surface area contributed by atoms with Gasteiger partial charge in [-0.2, -0.15) is 0 Å². The van der Waals surface area contributed by atoms with E-state index in [2.05, 4.69) is 15.3 Å². The van der Waals surface area contributed by atoms with Gasteiger partial charge in [-0.1, -0.05) is 18.2 Å². The number of fused-ring (bicyclic) bond motifs is 2. The molecule has 0 radical (unpaired) electrons. The highest BCUT2D eigenvalue weighted by atomic mass is 16.2. The SMILES string of the molecule is Cc1ccn2c(C(=O)Nc3cccc4cccnc34)c(C)nc2c1. The van der Waals surface area contributed by atoms with Crippen molar-refractivity contribution in [2.75, 3.05) is 5.32 Å². The highest BCUT2D eigenvalue weighted by molar-refractivity contribution is 6.08. The Bertz CT molecular complexity index is 1080. The van der Waals surface area contributed by atoms with Crippen molar-refractivity contribution in [2.45, 2.75) is 13.8 Å². The first-order valence-corrected chi connectivity index (χ1v) is 7.74. The van der Waals surface area contributed by atoms with Crippen LogP contribution in [0, 0.1) is 13.8 Å². The van der Waals surface area contributed by atoms with Gasteiger partial charge in [0, 0.05) is 17.8 Å². The Hall–Kier alpha value is -3.21. The molecule has 5 heteroatoms. The lowest BCUT2D eigenvalue weighted by Crippen LogP contribution is -2.16. The van der Waals surface area contributed by atoms with Crippen LogP contribution in [-0.4, -0.2) is 20.3 Å². The molecule has 1 aromatic carbocycles. The average Bonchev–Trinajstić information content (AvgIpc) is 2.90.